The van der Waals surface area contributed by atoms with Crippen molar-refractivity contribution in [2.75, 3.05) is 0 Å². The third kappa shape index (κ3) is 3.37. The lowest BCUT2D eigenvalue weighted by Gasteiger charge is -2.15. The maximum absolute atomic E-state index is 10.4. The molecule has 0 radical (unpaired) electrons. The highest BCUT2D eigenvalue weighted by atomic mass is 35.5. The van der Waals surface area contributed by atoms with E-state index in [2.05, 4.69) is 32.0 Å². The molecule has 0 spiro atoms. The van der Waals surface area contributed by atoms with Gasteiger partial charge < -0.3 is 5.11 Å². The molecule has 1 atom stereocenters. The third-order valence-corrected chi connectivity index (χ3v) is 3.76. The minimum absolute atomic E-state index is 0.561. The van der Waals surface area contributed by atoms with E-state index in [1.807, 2.05) is 25.1 Å². The zero-order valence-corrected chi connectivity index (χ0v) is 12.3. The van der Waals surface area contributed by atoms with Crippen LogP contribution in [-0.2, 0) is 6.42 Å². The van der Waals surface area contributed by atoms with Crippen molar-refractivity contribution in [3.05, 3.63) is 69.2 Å². The van der Waals surface area contributed by atoms with Gasteiger partial charge in [0.05, 0.1) is 6.10 Å². The lowest BCUT2D eigenvalue weighted by molar-refractivity contribution is 0.178. The van der Waals surface area contributed by atoms with Crippen LogP contribution >= 0.6 is 11.6 Å². The SMILES string of the molecule is Cc1ccc(C(O)Cc2cc(C)ccc2C)c(Cl)c1. The molecule has 2 rings (SSSR count). The largest absolute Gasteiger partial charge is 0.388 e. The van der Waals surface area contributed by atoms with E-state index in [1.165, 1.54) is 16.7 Å². The molecule has 0 fully saturated rings. The van der Waals surface area contributed by atoms with Crippen molar-refractivity contribution in [3.63, 3.8) is 0 Å². The smallest absolute Gasteiger partial charge is 0.0844 e. The van der Waals surface area contributed by atoms with E-state index in [0.717, 1.165) is 11.1 Å². The highest BCUT2D eigenvalue weighted by Gasteiger charge is 2.13. The van der Waals surface area contributed by atoms with E-state index in [4.69, 9.17) is 11.6 Å². The van der Waals surface area contributed by atoms with Gasteiger partial charge in [0.25, 0.3) is 0 Å². The Morgan fingerprint density at radius 1 is 1.00 bits per heavy atom. The Balaban J connectivity index is 2.25. The van der Waals surface area contributed by atoms with Crippen LogP contribution in [-0.4, -0.2) is 5.11 Å². The number of rotatable bonds is 3. The van der Waals surface area contributed by atoms with Gasteiger partial charge in [0.2, 0.25) is 0 Å². The van der Waals surface area contributed by atoms with Crippen LogP contribution in [0.25, 0.3) is 0 Å². The van der Waals surface area contributed by atoms with Crippen LogP contribution in [0.4, 0.5) is 0 Å². The van der Waals surface area contributed by atoms with Gasteiger partial charge >= 0.3 is 0 Å². The molecule has 0 amide bonds. The van der Waals surface area contributed by atoms with E-state index in [-0.39, 0.29) is 0 Å². The Morgan fingerprint density at radius 2 is 1.63 bits per heavy atom. The fourth-order valence-corrected chi connectivity index (χ4v) is 2.60. The van der Waals surface area contributed by atoms with Crippen LogP contribution in [0, 0.1) is 20.8 Å². The molecule has 2 aromatic rings. The minimum Gasteiger partial charge on any atom is -0.388 e. The number of hydrogen-bond acceptors (Lipinski definition) is 1. The van der Waals surface area contributed by atoms with Gasteiger partial charge in [-0.25, -0.2) is 0 Å². The number of hydrogen-bond donors (Lipinski definition) is 1. The number of aliphatic hydroxyl groups is 1. The zero-order chi connectivity index (χ0) is 14.0. The number of benzene rings is 2. The summed E-state index contributed by atoms with van der Waals surface area (Å²) in [7, 11) is 0. The van der Waals surface area contributed by atoms with E-state index in [1.54, 1.807) is 0 Å². The molecule has 19 heavy (non-hydrogen) atoms. The number of aliphatic hydroxyl groups excluding tert-OH is 1. The second-order valence-electron chi connectivity index (χ2n) is 5.17. The molecule has 0 saturated heterocycles. The van der Waals surface area contributed by atoms with Gasteiger partial charge in [-0.2, -0.15) is 0 Å². The molecule has 1 nitrogen and oxygen atoms in total. The van der Waals surface area contributed by atoms with Gasteiger partial charge in [0.1, 0.15) is 0 Å². The molecule has 0 aliphatic rings. The zero-order valence-electron chi connectivity index (χ0n) is 11.6. The predicted molar refractivity (Wildman–Crippen MR) is 80.8 cm³/mol. The van der Waals surface area contributed by atoms with E-state index >= 15 is 0 Å². The first-order valence-electron chi connectivity index (χ1n) is 6.47. The van der Waals surface area contributed by atoms with Crippen LogP contribution in [0.3, 0.4) is 0 Å². The second kappa shape index (κ2) is 5.77. The Bertz CT molecular complexity index is 590. The molecule has 0 heterocycles. The van der Waals surface area contributed by atoms with Gasteiger partial charge in [-0.1, -0.05) is 47.5 Å². The van der Waals surface area contributed by atoms with Gasteiger partial charge in [0.15, 0.2) is 0 Å². The van der Waals surface area contributed by atoms with Crippen LogP contribution in [0.2, 0.25) is 5.02 Å². The van der Waals surface area contributed by atoms with Gasteiger partial charge in [0, 0.05) is 11.4 Å². The Labute approximate surface area is 119 Å². The summed E-state index contributed by atoms with van der Waals surface area (Å²) in [5.41, 5.74) is 5.49. The molecule has 2 aromatic carbocycles. The molecule has 0 saturated carbocycles. The van der Waals surface area contributed by atoms with Crippen molar-refractivity contribution in [2.24, 2.45) is 0 Å². The molecule has 1 N–H and O–H groups in total. The molecule has 0 aromatic heterocycles. The van der Waals surface area contributed by atoms with Crippen LogP contribution < -0.4 is 0 Å². The Kier molecular flexibility index (Phi) is 4.28. The van der Waals surface area contributed by atoms with Crippen molar-refractivity contribution < 1.29 is 5.11 Å². The number of aryl methyl sites for hydroxylation is 3. The maximum Gasteiger partial charge on any atom is 0.0844 e. The molecule has 0 bridgehead atoms. The van der Waals surface area contributed by atoms with Crippen molar-refractivity contribution >= 4 is 11.6 Å². The minimum atomic E-state index is -0.561. The van der Waals surface area contributed by atoms with Crippen LogP contribution in [0.5, 0.6) is 0 Å². The molecule has 2 heteroatoms. The Hall–Kier alpha value is -1.31. The predicted octanol–water partition coefficient (Wildman–Crippen LogP) is 4.54. The molecule has 0 aliphatic carbocycles. The maximum atomic E-state index is 10.4. The lowest BCUT2D eigenvalue weighted by atomic mass is 9.96. The summed E-state index contributed by atoms with van der Waals surface area (Å²) < 4.78 is 0. The average molecular weight is 275 g/mol. The lowest BCUT2D eigenvalue weighted by Crippen LogP contribution is -2.04. The van der Waals surface area contributed by atoms with Gasteiger partial charge in [-0.05, 0) is 49.1 Å². The van der Waals surface area contributed by atoms with Crippen molar-refractivity contribution in [1.29, 1.82) is 0 Å². The molecule has 100 valence electrons. The first-order chi connectivity index (χ1) is 8.97. The highest BCUT2D eigenvalue weighted by molar-refractivity contribution is 6.31. The standard InChI is InChI=1S/C17H19ClO/c1-11-4-6-13(3)14(8-11)10-17(19)15-7-5-12(2)9-16(15)18/h4-9,17,19H,10H2,1-3H3. The van der Waals surface area contributed by atoms with Crippen LogP contribution in [0.15, 0.2) is 36.4 Å². The normalized spacial score (nSPS) is 12.5. The number of halogens is 1. The quantitative estimate of drug-likeness (QED) is 0.871. The summed E-state index contributed by atoms with van der Waals surface area (Å²) >= 11 is 6.20. The van der Waals surface area contributed by atoms with Crippen molar-refractivity contribution in [2.45, 2.75) is 33.3 Å². The second-order valence-corrected chi connectivity index (χ2v) is 5.58. The Morgan fingerprint density at radius 3 is 2.32 bits per heavy atom. The molecular formula is C17H19ClO. The summed E-state index contributed by atoms with van der Waals surface area (Å²) in [6.45, 7) is 6.12. The molecule has 0 aliphatic heterocycles. The summed E-state index contributed by atoms with van der Waals surface area (Å²) in [5.74, 6) is 0. The summed E-state index contributed by atoms with van der Waals surface area (Å²) in [6, 6.07) is 12.1. The highest BCUT2D eigenvalue weighted by Crippen LogP contribution is 2.27. The topological polar surface area (TPSA) is 20.2 Å². The summed E-state index contributed by atoms with van der Waals surface area (Å²) in [4.78, 5) is 0. The monoisotopic (exact) mass is 274 g/mol. The summed E-state index contributed by atoms with van der Waals surface area (Å²) in [5, 5.41) is 11.0. The van der Waals surface area contributed by atoms with Crippen molar-refractivity contribution in [1.82, 2.24) is 0 Å². The average Bonchev–Trinajstić information content (AvgIpc) is 2.33. The third-order valence-electron chi connectivity index (χ3n) is 3.43. The van der Waals surface area contributed by atoms with E-state index in [9.17, 15) is 5.11 Å². The van der Waals surface area contributed by atoms with Crippen molar-refractivity contribution in [3.8, 4) is 0 Å². The first kappa shape index (κ1) is 14.1. The molecular weight excluding hydrogens is 256 g/mol. The van der Waals surface area contributed by atoms with E-state index in [0.29, 0.717) is 11.4 Å². The summed E-state index contributed by atoms with van der Waals surface area (Å²) in [6.07, 6.45) is 0.0321. The fraction of sp³-hybridized carbons (Fsp3) is 0.294. The molecule has 1 unspecified atom stereocenters. The first-order valence-corrected chi connectivity index (χ1v) is 6.85. The fourth-order valence-electron chi connectivity index (χ4n) is 2.24. The van der Waals surface area contributed by atoms with Gasteiger partial charge in [-0.15, -0.1) is 0 Å². The van der Waals surface area contributed by atoms with Crippen LogP contribution in [0.1, 0.15) is 33.9 Å². The van der Waals surface area contributed by atoms with Gasteiger partial charge in [-0.3, -0.25) is 0 Å². The van der Waals surface area contributed by atoms with E-state index < -0.39 is 6.10 Å².